The molecule has 0 atom stereocenters. The maximum absolute atomic E-state index is 11.9. The van der Waals surface area contributed by atoms with Crippen molar-refractivity contribution in [1.29, 1.82) is 0 Å². The van der Waals surface area contributed by atoms with Gasteiger partial charge in [0.15, 0.2) is 0 Å². The van der Waals surface area contributed by atoms with Crippen LogP contribution in [0.2, 0.25) is 0 Å². The van der Waals surface area contributed by atoms with Gasteiger partial charge in [-0.2, -0.15) is 4.98 Å². The van der Waals surface area contributed by atoms with E-state index in [9.17, 15) is 4.79 Å². The maximum Gasteiger partial charge on any atom is 0.241 e. The third kappa shape index (κ3) is 4.47. The van der Waals surface area contributed by atoms with E-state index in [4.69, 9.17) is 4.52 Å². The zero-order valence-corrected chi connectivity index (χ0v) is 15.1. The fourth-order valence-corrected chi connectivity index (χ4v) is 3.14. The first kappa shape index (κ1) is 17.2. The fraction of sp³-hybridized carbons (Fsp3) is 0.526. The molecule has 2 heterocycles. The van der Waals surface area contributed by atoms with Gasteiger partial charge >= 0.3 is 0 Å². The highest BCUT2D eigenvalue weighted by Crippen LogP contribution is 2.19. The number of amides is 1. The van der Waals surface area contributed by atoms with Crippen molar-refractivity contribution in [3.05, 3.63) is 35.7 Å². The molecule has 2 aliphatic rings. The van der Waals surface area contributed by atoms with Crippen LogP contribution < -0.4 is 5.32 Å². The Morgan fingerprint density at radius 1 is 1.15 bits per heavy atom. The van der Waals surface area contributed by atoms with Gasteiger partial charge in [0.2, 0.25) is 17.6 Å². The smallest absolute Gasteiger partial charge is 0.241 e. The van der Waals surface area contributed by atoms with Crippen molar-refractivity contribution in [2.75, 3.05) is 32.7 Å². The Hall–Kier alpha value is -2.25. The van der Waals surface area contributed by atoms with Crippen LogP contribution in [-0.4, -0.2) is 64.6 Å². The molecule has 1 saturated heterocycles. The van der Waals surface area contributed by atoms with Gasteiger partial charge in [0.1, 0.15) is 0 Å². The predicted molar refractivity (Wildman–Crippen MR) is 97.4 cm³/mol. The van der Waals surface area contributed by atoms with Gasteiger partial charge in [-0.25, -0.2) is 0 Å². The molecule has 0 spiro atoms. The SMILES string of the molecule is Cc1ccc(-c2noc(CN3CCN(CC(=O)NC4CC4)CC3)n2)cc1. The first-order valence-electron chi connectivity index (χ1n) is 9.29. The molecule has 4 rings (SSSR count). The lowest BCUT2D eigenvalue weighted by Crippen LogP contribution is -2.49. The first-order valence-corrected chi connectivity index (χ1v) is 9.29. The number of carbonyl (C=O) groups excluding carboxylic acids is 1. The molecule has 0 unspecified atom stereocenters. The molecule has 1 aromatic carbocycles. The lowest BCUT2D eigenvalue weighted by atomic mass is 10.1. The van der Waals surface area contributed by atoms with Crippen molar-refractivity contribution in [2.45, 2.75) is 32.4 Å². The van der Waals surface area contributed by atoms with Crippen molar-refractivity contribution in [1.82, 2.24) is 25.3 Å². The van der Waals surface area contributed by atoms with Gasteiger partial charge in [0.25, 0.3) is 0 Å². The monoisotopic (exact) mass is 355 g/mol. The summed E-state index contributed by atoms with van der Waals surface area (Å²) in [5.74, 6) is 1.43. The summed E-state index contributed by atoms with van der Waals surface area (Å²) in [6.45, 7) is 6.79. The zero-order chi connectivity index (χ0) is 17.9. The van der Waals surface area contributed by atoms with Crippen LogP contribution in [0, 0.1) is 6.92 Å². The van der Waals surface area contributed by atoms with Gasteiger partial charge < -0.3 is 9.84 Å². The summed E-state index contributed by atoms with van der Waals surface area (Å²) in [4.78, 5) is 20.9. The minimum atomic E-state index is 0.153. The highest BCUT2D eigenvalue weighted by molar-refractivity contribution is 5.78. The lowest BCUT2D eigenvalue weighted by Gasteiger charge is -2.33. The molecule has 1 aliphatic carbocycles. The van der Waals surface area contributed by atoms with Gasteiger partial charge in [-0.05, 0) is 19.8 Å². The second-order valence-corrected chi connectivity index (χ2v) is 7.27. The minimum absolute atomic E-state index is 0.153. The molecule has 2 fully saturated rings. The minimum Gasteiger partial charge on any atom is -0.352 e. The zero-order valence-electron chi connectivity index (χ0n) is 15.1. The molecule has 1 amide bonds. The van der Waals surface area contributed by atoms with Crippen LogP contribution in [0.25, 0.3) is 11.4 Å². The van der Waals surface area contributed by atoms with Gasteiger partial charge in [0.05, 0.1) is 13.1 Å². The molecule has 1 N–H and O–H groups in total. The van der Waals surface area contributed by atoms with E-state index >= 15 is 0 Å². The van der Waals surface area contributed by atoms with Gasteiger partial charge in [-0.3, -0.25) is 14.6 Å². The largest absolute Gasteiger partial charge is 0.352 e. The van der Waals surface area contributed by atoms with Crippen molar-refractivity contribution in [3.8, 4) is 11.4 Å². The number of carbonyl (C=O) groups is 1. The van der Waals surface area contributed by atoms with E-state index in [2.05, 4.69) is 32.2 Å². The highest BCUT2D eigenvalue weighted by Gasteiger charge is 2.25. The van der Waals surface area contributed by atoms with Crippen molar-refractivity contribution >= 4 is 5.91 Å². The molecular weight excluding hydrogens is 330 g/mol. The highest BCUT2D eigenvalue weighted by atomic mass is 16.5. The molecule has 26 heavy (non-hydrogen) atoms. The summed E-state index contributed by atoms with van der Waals surface area (Å²) in [5, 5.41) is 7.14. The van der Waals surface area contributed by atoms with E-state index in [1.807, 2.05) is 24.3 Å². The number of aromatic nitrogens is 2. The van der Waals surface area contributed by atoms with Gasteiger partial charge in [-0.1, -0.05) is 35.0 Å². The quantitative estimate of drug-likeness (QED) is 0.845. The normalized spacial score (nSPS) is 18.8. The fourth-order valence-electron chi connectivity index (χ4n) is 3.14. The Bertz CT molecular complexity index is 746. The van der Waals surface area contributed by atoms with Crippen LogP contribution in [0.5, 0.6) is 0 Å². The summed E-state index contributed by atoms with van der Waals surface area (Å²) in [6, 6.07) is 8.54. The molecule has 0 radical (unpaired) electrons. The third-order valence-electron chi connectivity index (χ3n) is 4.91. The van der Waals surface area contributed by atoms with Crippen LogP contribution in [0.1, 0.15) is 24.3 Å². The Labute approximate surface area is 153 Å². The molecular formula is C19H25N5O2. The molecule has 1 aromatic heterocycles. The van der Waals surface area contributed by atoms with Crippen molar-refractivity contribution in [3.63, 3.8) is 0 Å². The summed E-state index contributed by atoms with van der Waals surface area (Å²) in [5.41, 5.74) is 2.18. The number of rotatable bonds is 6. The average molecular weight is 355 g/mol. The van der Waals surface area contributed by atoms with Crippen LogP contribution in [0.3, 0.4) is 0 Å². The topological polar surface area (TPSA) is 74.5 Å². The van der Waals surface area contributed by atoms with Gasteiger partial charge in [0, 0.05) is 37.8 Å². The Morgan fingerprint density at radius 3 is 2.54 bits per heavy atom. The molecule has 1 saturated carbocycles. The predicted octanol–water partition coefficient (Wildman–Crippen LogP) is 1.44. The van der Waals surface area contributed by atoms with Crippen LogP contribution in [0.15, 0.2) is 28.8 Å². The standard InChI is InChI=1S/C19H25N5O2/c1-14-2-4-15(5-3-14)19-21-18(26-22-19)13-24-10-8-23(9-11-24)12-17(25)20-16-6-7-16/h2-5,16H,6-13H2,1H3,(H,20,25). The number of hydrogen-bond donors (Lipinski definition) is 1. The number of benzene rings is 1. The van der Waals surface area contributed by atoms with E-state index in [1.54, 1.807) is 0 Å². The third-order valence-corrected chi connectivity index (χ3v) is 4.91. The second-order valence-electron chi connectivity index (χ2n) is 7.27. The molecule has 2 aromatic rings. The average Bonchev–Trinajstić information content (AvgIpc) is 3.32. The summed E-state index contributed by atoms with van der Waals surface area (Å²) >= 11 is 0. The number of piperazine rings is 1. The summed E-state index contributed by atoms with van der Waals surface area (Å²) < 4.78 is 5.41. The Kier molecular flexibility index (Phi) is 4.99. The first-order chi connectivity index (χ1) is 12.7. The molecule has 0 bridgehead atoms. The lowest BCUT2D eigenvalue weighted by molar-refractivity contribution is -0.122. The van der Waals surface area contributed by atoms with Crippen molar-refractivity contribution < 1.29 is 9.32 Å². The number of aryl methyl sites for hydroxylation is 1. The maximum atomic E-state index is 11.9. The Morgan fingerprint density at radius 2 is 1.85 bits per heavy atom. The van der Waals surface area contributed by atoms with Gasteiger partial charge in [-0.15, -0.1) is 0 Å². The van der Waals surface area contributed by atoms with Crippen LogP contribution in [0.4, 0.5) is 0 Å². The molecule has 7 heteroatoms. The summed E-state index contributed by atoms with van der Waals surface area (Å²) in [7, 11) is 0. The number of nitrogens with zero attached hydrogens (tertiary/aromatic N) is 4. The van der Waals surface area contributed by atoms with Crippen LogP contribution in [-0.2, 0) is 11.3 Å². The van der Waals surface area contributed by atoms with Crippen LogP contribution >= 0.6 is 0 Å². The number of nitrogens with one attached hydrogen (secondary N) is 1. The van der Waals surface area contributed by atoms with E-state index in [1.165, 1.54) is 5.56 Å². The number of hydrogen-bond acceptors (Lipinski definition) is 6. The molecule has 138 valence electrons. The Balaban J connectivity index is 1.25. The van der Waals surface area contributed by atoms with E-state index in [0.717, 1.165) is 44.6 Å². The molecule has 7 nitrogen and oxygen atoms in total. The second kappa shape index (κ2) is 7.55. The summed E-state index contributed by atoms with van der Waals surface area (Å²) in [6.07, 6.45) is 2.27. The van der Waals surface area contributed by atoms with Crippen molar-refractivity contribution in [2.24, 2.45) is 0 Å². The van der Waals surface area contributed by atoms with E-state index in [0.29, 0.717) is 30.8 Å². The van der Waals surface area contributed by atoms with E-state index < -0.39 is 0 Å². The molecule has 1 aliphatic heterocycles. The van der Waals surface area contributed by atoms with E-state index in [-0.39, 0.29) is 5.91 Å².